The molecule has 2 heterocycles. The van der Waals surface area contributed by atoms with Crippen LogP contribution in [0.3, 0.4) is 0 Å². The lowest BCUT2D eigenvalue weighted by atomic mass is 10.1. The average molecular weight is 406 g/mol. The van der Waals surface area contributed by atoms with Gasteiger partial charge in [-0.05, 0) is 37.2 Å². The highest BCUT2D eigenvalue weighted by molar-refractivity contribution is 5.89. The highest BCUT2D eigenvalue weighted by Crippen LogP contribution is 2.24. The molecule has 3 rings (SSSR count). The average Bonchev–Trinajstić information content (AvgIpc) is 3.21. The van der Waals surface area contributed by atoms with Crippen molar-refractivity contribution in [3.63, 3.8) is 0 Å². The molecule has 0 spiro atoms. The summed E-state index contributed by atoms with van der Waals surface area (Å²) < 4.78 is 32.3. The van der Waals surface area contributed by atoms with E-state index in [1.165, 1.54) is 6.07 Å². The molecule has 29 heavy (non-hydrogen) atoms. The minimum absolute atomic E-state index is 0.197. The molecule has 1 unspecified atom stereocenters. The van der Waals surface area contributed by atoms with Gasteiger partial charge >= 0.3 is 11.9 Å². The van der Waals surface area contributed by atoms with E-state index in [0.29, 0.717) is 30.0 Å². The van der Waals surface area contributed by atoms with E-state index < -0.39 is 23.6 Å². The molecule has 1 aromatic carbocycles. The molecule has 1 aliphatic heterocycles. The van der Waals surface area contributed by atoms with Crippen molar-refractivity contribution in [1.82, 2.24) is 10.3 Å². The number of benzene rings is 1. The molecule has 0 saturated carbocycles. The fourth-order valence-corrected chi connectivity index (χ4v) is 2.58. The van der Waals surface area contributed by atoms with E-state index in [-0.39, 0.29) is 6.10 Å². The summed E-state index contributed by atoms with van der Waals surface area (Å²) in [5.74, 6) is -4.24. The molecule has 1 aromatic heterocycles. The van der Waals surface area contributed by atoms with Crippen LogP contribution in [0.2, 0.25) is 0 Å². The van der Waals surface area contributed by atoms with Gasteiger partial charge in [-0.1, -0.05) is 6.07 Å². The number of carbonyl (C=O) groups is 2. The third-order valence-corrected chi connectivity index (χ3v) is 3.94. The first-order chi connectivity index (χ1) is 13.9. The number of carboxylic acid groups (broad SMARTS) is 2. The second-order valence-corrected chi connectivity index (χ2v) is 6.08. The number of rotatable bonds is 6. The van der Waals surface area contributed by atoms with E-state index in [9.17, 15) is 18.4 Å². The minimum Gasteiger partial charge on any atom is -0.478 e. The summed E-state index contributed by atoms with van der Waals surface area (Å²) in [5.41, 5.74) is 2.05. The second-order valence-electron chi connectivity index (χ2n) is 6.08. The number of pyridine rings is 1. The van der Waals surface area contributed by atoms with Gasteiger partial charge in [0.25, 0.3) is 0 Å². The first-order valence-electron chi connectivity index (χ1n) is 8.72. The maximum Gasteiger partial charge on any atom is 0.328 e. The van der Waals surface area contributed by atoms with E-state index in [0.717, 1.165) is 37.2 Å². The smallest absolute Gasteiger partial charge is 0.328 e. The van der Waals surface area contributed by atoms with Crippen LogP contribution >= 0.6 is 0 Å². The van der Waals surface area contributed by atoms with Crippen LogP contribution in [0.1, 0.15) is 12.0 Å². The van der Waals surface area contributed by atoms with Crippen molar-refractivity contribution in [3.05, 3.63) is 65.9 Å². The molecule has 7 nitrogen and oxygen atoms in total. The van der Waals surface area contributed by atoms with Gasteiger partial charge < -0.3 is 20.3 Å². The zero-order valence-corrected chi connectivity index (χ0v) is 15.3. The summed E-state index contributed by atoms with van der Waals surface area (Å²) >= 11 is 0. The monoisotopic (exact) mass is 406 g/mol. The zero-order valence-electron chi connectivity index (χ0n) is 15.3. The number of aromatic nitrogens is 1. The van der Waals surface area contributed by atoms with E-state index in [1.54, 1.807) is 6.20 Å². The minimum atomic E-state index is -1.26. The standard InChI is InChI=1S/C16H16F2N2O.C4H4O4/c17-14-4-3-11(8-15(14)18)16-12(2-1-6-20-16)10-21-13-5-7-19-9-13;5-3(6)1-2-4(7)8/h1-4,6,8,13,19H,5,7,9-10H2;1-2H,(H,5,6)(H,7,8). The quantitative estimate of drug-likeness (QED) is 0.633. The van der Waals surface area contributed by atoms with E-state index in [2.05, 4.69) is 10.3 Å². The van der Waals surface area contributed by atoms with Crippen molar-refractivity contribution in [2.75, 3.05) is 13.1 Å². The Bertz CT molecular complexity index is 867. The number of nitrogens with one attached hydrogen (secondary N) is 1. The third kappa shape index (κ3) is 7.40. The number of hydrogen-bond donors (Lipinski definition) is 3. The van der Waals surface area contributed by atoms with Crippen molar-refractivity contribution in [1.29, 1.82) is 0 Å². The summed E-state index contributed by atoms with van der Waals surface area (Å²) in [6, 6.07) is 7.52. The van der Waals surface area contributed by atoms with Crippen molar-refractivity contribution in [2.45, 2.75) is 19.1 Å². The highest BCUT2D eigenvalue weighted by Gasteiger charge is 2.16. The lowest BCUT2D eigenvalue weighted by molar-refractivity contribution is -0.134. The summed E-state index contributed by atoms with van der Waals surface area (Å²) in [4.78, 5) is 23.4. The normalized spacial score (nSPS) is 15.7. The largest absolute Gasteiger partial charge is 0.478 e. The molecule has 154 valence electrons. The SMILES string of the molecule is Fc1ccc(-c2ncccc2COC2CCNC2)cc1F.O=C(O)C=CC(=O)O. The Morgan fingerprint density at radius 3 is 2.48 bits per heavy atom. The Morgan fingerprint density at radius 2 is 1.90 bits per heavy atom. The fraction of sp³-hybridized carbons (Fsp3) is 0.250. The van der Waals surface area contributed by atoms with Gasteiger partial charge in [0, 0.05) is 36.0 Å². The first-order valence-corrected chi connectivity index (χ1v) is 8.72. The predicted molar refractivity (Wildman–Crippen MR) is 100 cm³/mol. The van der Waals surface area contributed by atoms with Gasteiger partial charge in [-0.15, -0.1) is 0 Å². The number of aliphatic carboxylic acids is 2. The van der Waals surface area contributed by atoms with Crippen LogP contribution in [0.15, 0.2) is 48.7 Å². The maximum atomic E-state index is 13.4. The number of hydrogen-bond acceptors (Lipinski definition) is 5. The molecule has 0 amide bonds. The third-order valence-electron chi connectivity index (χ3n) is 3.94. The van der Waals surface area contributed by atoms with Crippen molar-refractivity contribution in [3.8, 4) is 11.3 Å². The van der Waals surface area contributed by atoms with Gasteiger partial charge in [-0.25, -0.2) is 18.4 Å². The van der Waals surface area contributed by atoms with Crippen LogP contribution in [0.4, 0.5) is 8.78 Å². The maximum absolute atomic E-state index is 13.4. The number of ether oxygens (including phenoxy) is 1. The Labute approximate surface area is 165 Å². The van der Waals surface area contributed by atoms with Gasteiger partial charge in [0.1, 0.15) is 0 Å². The summed E-state index contributed by atoms with van der Waals surface area (Å²) in [6.07, 6.45) is 3.94. The molecule has 3 N–H and O–H groups in total. The molecule has 0 bridgehead atoms. The van der Waals surface area contributed by atoms with Gasteiger partial charge in [0.05, 0.1) is 18.4 Å². The second kappa shape index (κ2) is 11.0. The Morgan fingerprint density at radius 1 is 1.17 bits per heavy atom. The summed E-state index contributed by atoms with van der Waals surface area (Å²) in [6.45, 7) is 2.23. The molecule has 1 atom stereocenters. The van der Waals surface area contributed by atoms with Crippen LogP contribution in [0.25, 0.3) is 11.3 Å². The van der Waals surface area contributed by atoms with Crippen LogP contribution in [0.5, 0.6) is 0 Å². The number of halogens is 2. The van der Waals surface area contributed by atoms with Crippen LogP contribution in [0, 0.1) is 11.6 Å². The molecular formula is C20H20F2N2O5. The van der Waals surface area contributed by atoms with E-state index >= 15 is 0 Å². The fourth-order valence-electron chi connectivity index (χ4n) is 2.58. The van der Waals surface area contributed by atoms with Crippen LogP contribution < -0.4 is 5.32 Å². The molecule has 0 radical (unpaired) electrons. The van der Waals surface area contributed by atoms with Crippen molar-refractivity contribution in [2.24, 2.45) is 0 Å². The lowest BCUT2D eigenvalue weighted by Crippen LogP contribution is -2.16. The van der Waals surface area contributed by atoms with Gasteiger partial charge in [0.2, 0.25) is 0 Å². The van der Waals surface area contributed by atoms with Crippen molar-refractivity contribution >= 4 is 11.9 Å². The molecule has 2 aromatic rings. The molecule has 1 saturated heterocycles. The lowest BCUT2D eigenvalue weighted by Gasteiger charge is -2.13. The number of carboxylic acids is 2. The molecule has 9 heteroatoms. The number of nitrogens with zero attached hydrogens (tertiary/aromatic N) is 1. The summed E-state index contributed by atoms with van der Waals surface area (Å²) in [5, 5.41) is 18.9. The van der Waals surface area contributed by atoms with Gasteiger partial charge in [-0.3, -0.25) is 4.98 Å². The summed E-state index contributed by atoms with van der Waals surface area (Å²) in [7, 11) is 0. The van der Waals surface area contributed by atoms with Gasteiger partial charge in [-0.2, -0.15) is 0 Å². The highest BCUT2D eigenvalue weighted by atomic mass is 19.2. The molecule has 0 aliphatic carbocycles. The topological polar surface area (TPSA) is 109 Å². The Balaban J connectivity index is 0.000000321. The Kier molecular flexibility index (Phi) is 8.38. The van der Waals surface area contributed by atoms with E-state index in [1.807, 2.05) is 12.1 Å². The van der Waals surface area contributed by atoms with Crippen molar-refractivity contribution < 1.29 is 33.3 Å². The first kappa shape index (κ1) is 22.1. The van der Waals surface area contributed by atoms with Gasteiger partial charge in [0.15, 0.2) is 11.6 Å². The Hall–Kier alpha value is -3.17. The zero-order chi connectivity index (χ0) is 21.2. The van der Waals surface area contributed by atoms with Crippen LogP contribution in [-0.4, -0.2) is 46.3 Å². The molecular weight excluding hydrogens is 386 g/mol. The predicted octanol–water partition coefficient (Wildman–Crippen LogP) is 2.62. The molecule has 1 aliphatic rings. The molecule has 1 fully saturated rings. The van der Waals surface area contributed by atoms with E-state index in [4.69, 9.17) is 14.9 Å². The van der Waals surface area contributed by atoms with Crippen LogP contribution in [-0.2, 0) is 20.9 Å².